The fourth-order valence-electron chi connectivity index (χ4n) is 4.02. The van der Waals surface area contributed by atoms with Crippen molar-refractivity contribution in [3.05, 3.63) is 33.5 Å². The van der Waals surface area contributed by atoms with Gasteiger partial charge in [-0.1, -0.05) is 13.3 Å². The van der Waals surface area contributed by atoms with E-state index < -0.39 is 0 Å². The van der Waals surface area contributed by atoms with Crippen molar-refractivity contribution < 1.29 is 4.79 Å². The first kappa shape index (κ1) is 17.7. The number of nitrogens with one attached hydrogen (secondary N) is 1. The van der Waals surface area contributed by atoms with E-state index in [4.69, 9.17) is 0 Å². The van der Waals surface area contributed by atoms with E-state index in [1.54, 1.807) is 11.3 Å². The van der Waals surface area contributed by atoms with Gasteiger partial charge in [0.1, 0.15) is 5.82 Å². The standard InChI is InChI=1S/C19H27N5OS/c1-2-3-10-23-11-4-6-14(23)15-8-9-16(26-15)19(25)20-13-18-22-21-17-7-5-12-24(17)18/h8-9,14H,2-7,10-13H2,1H3,(H,20,25). The number of nitrogens with zero attached hydrogens (tertiary/aromatic N) is 4. The molecule has 0 aliphatic carbocycles. The Labute approximate surface area is 158 Å². The summed E-state index contributed by atoms with van der Waals surface area (Å²) in [7, 11) is 0. The molecule has 1 N–H and O–H groups in total. The van der Waals surface area contributed by atoms with Gasteiger partial charge in [-0.2, -0.15) is 0 Å². The highest BCUT2D eigenvalue weighted by Gasteiger charge is 2.27. The second-order valence-corrected chi connectivity index (χ2v) is 8.34. The lowest BCUT2D eigenvalue weighted by atomic mass is 10.2. The summed E-state index contributed by atoms with van der Waals surface area (Å²) in [5.41, 5.74) is 0. The molecule has 1 saturated heterocycles. The van der Waals surface area contributed by atoms with Gasteiger partial charge < -0.3 is 9.88 Å². The Balaban J connectivity index is 1.37. The Morgan fingerprint density at radius 2 is 2.23 bits per heavy atom. The van der Waals surface area contributed by atoms with Gasteiger partial charge in [0.15, 0.2) is 5.82 Å². The minimum absolute atomic E-state index is 0.00491. The zero-order chi connectivity index (χ0) is 17.9. The van der Waals surface area contributed by atoms with Gasteiger partial charge in [-0.25, -0.2) is 0 Å². The zero-order valence-corrected chi connectivity index (χ0v) is 16.2. The molecule has 0 spiro atoms. The molecule has 4 rings (SSSR count). The topological polar surface area (TPSA) is 63.1 Å². The number of aromatic nitrogens is 3. The van der Waals surface area contributed by atoms with Crippen molar-refractivity contribution in [1.29, 1.82) is 0 Å². The molecule has 0 aromatic carbocycles. The van der Waals surface area contributed by atoms with Crippen LogP contribution in [0.3, 0.4) is 0 Å². The third-order valence-electron chi connectivity index (χ3n) is 5.43. The summed E-state index contributed by atoms with van der Waals surface area (Å²) in [4.78, 5) is 17.3. The van der Waals surface area contributed by atoms with Gasteiger partial charge in [-0.3, -0.25) is 9.69 Å². The van der Waals surface area contributed by atoms with Gasteiger partial charge >= 0.3 is 0 Å². The molecule has 2 aliphatic heterocycles. The first-order valence-electron chi connectivity index (χ1n) is 9.79. The first-order valence-corrected chi connectivity index (χ1v) is 10.6. The highest BCUT2D eigenvalue weighted by Crippen LogP contribution is 2.36. The van der Waals surface area contributed by atoms with Crippen molar-refractivity contribution in [1.82, 2.24) is 25.0 Å². The molecule has 140 valence electrons. The Bertz CT molecular complexity index is 768. The fourth-order valence-corrected chi connectivity index (χ4v) is 5.11. The number of amides is 1. The molecule has 1 amide bonds. The Kier molecular flexibility index (Phi) is 5.36. The molecule has 4 heterocycles. The minimum atomic E-state index is -0.00491. The maximum Gasteiger partial charge on any atom is 0.261 e. The highest BCUT2D eigenvalue weighted by atomic mass is 32.1. The van der Waals surface area contributed by atoms with Crippen LogP contribution in [-0.4, -0.2) is 38.7 Å². The SMILES string of the molecule is CCCCN1CCCC1c1ccc(C(=O)NCc2nnc3n2CCC3)s1. The molecule has 26 heavy (non-hydrogen) atoms. The lowest BCUT2D eigenvalue weighted by Crippen LogP contribution is -2.24. The van der Waals surface area contributed by atoms with Gasteiger partial charge in [-0.15, -0.1) is 21.5 Å². The molecule has 0 saturated carbocycles. The summed E-state index contributed by atoms with van der Waals surface area (Å²) in [5.74, 6) is 1.90. The molecular formula is C19H27N5OS. The quantitative estimate of drug-likeness (QED) is 0.810. The predicted octanol–water partition coefficient (Wildman–Crippen LogP) is 3.15. The summed E-state index contributed by atoms with van der Waals surface area (Å²) in [5, 5.41) is 11.4. The number of unbranched alkanes of at least 4 members (excludes halogenated alkanes) is 1. The molecule has 2 aliphatic rings. The van der Waals surface area contributed by atoms with Crippen molar-refractivity contribution in [2.24, 2.45) is 0 Å². The van der Waals surface area contributed by atoms with Crippen molar-refractivity contribution in [3.63, 3.8) is 0 Å². The summed E-state index contributed by atoms with van der Waals surface area (Å²) in [6, 6.07) is 4.61. The number of carbonyl (C=O) groups is 1. The third kappa shape index (κ3) is 3.55. The molecule has 1 fully saturated rings. The molecule has 2 aromatic rings. The van der Waals surface area contributed by atoms with E-state index in [1.807, 2.05) is 6.07 Å². The van der Waals surface area contributed by atoms with Crippen molar-refractivity contribution in [2.45, 2.75) is 64.6 Å². The van der Waals surface area contributed by atoms with Gasteiger partial charge in [0.25, 0.3) is 5.91 Å². The second kappa shape index (κ2) is 7.88. The number of aryl methyl sites for hydroxylation is 1. The van der Waals surface area contributed by atoms with E-state index >= 15 is 0 Å². The maximum absolute atomic E-state index is 12.6. The van der Waals surface area contributed by atoms with Crippen LogP contribution in [0.25, 0.3) is 0 Å². The average Bonchev–Trinajstić information content (AvgIpc) is 3.42. The van der Waals surface area contributed by atoms with Crippen LogP contribution in [0, 0.1) is 0 Å². The van der Waals surface area contributed by atoms with E-state index in [9.17, 15) is 4.79 Å². The Hall–Kier alpha value is -1.73. The van der Waals surface area contributed by atoms with Gasteiger partial charge in [0, 0.05) is 23.9 Å². The number of hydrogen-bond donors (Lipinski definition) is 1. The third-order valence-corrected chi connectivity index (χ3v) is 6.62. The monoisotopic (exact) mass is 373 g/mol. The van der Waals surface area contributed by atoms with Crippen LogP contribution in [-0.2, 0) is 19.5 Å². The lowest BCUT2D eigenvalue weighted by Gasteiger charge is -2.23. The van der Waals surface area contributed by atoms with Crippen LogP contribution in [0.15, 0.2) is 12.1 Å². The van der Waals surface area contributed by atoms with E-state index in [0.717, 1.165) is 35.9 Å². The van der Waals surface area contributed by atoms with E-state index in [1.165, 1.54) is 43.6 Å². The van der Waals surface area contributed by atoms with E-state index in [0.29, 0.717) is 12.6 Å². The van der Waals surface area contributed by atoms with Gasteiger partial charge in [0.2, 0.25) is 0 Å². The second-order valence-electron chi connectivity index (χ2n) is 7.22. The molecule has 7 heteroatoms. The van der Waals surface area contributed by atoms with Crippen molar-refractivity contribution in [3.8, 4) is 0 Å². The smallest absolute Gasteiger partial charge is 0.261 e. The number of carbonyl (C=O) groups excluding carboxylic acids is 1. The molecule has 0 bridgehead atoms. The number of hydrogen-bond acceptors (Lipinski definition) is 5. The number of rotatable bonds is 7. The predicted molar refractivity (Wildman–Crippen MR) is 102 cm³/mol. The summed E-state index contributed by atoms with van der Waals surface area (Å²) in [6.45, 7) is 6.00. The Morgan fingerprint density at radius 1 is 1.31 bits per heavy atom. The Morgan fingerprint density at radius 3 is 3.12 bits per heavy atom. The van der Waals surface area contributed by atoms with Crippen molar-refractivity contribution in [2.75, 3.05) is 13.1 Å². The molecule has 0 radical (unpaired) electrons. The van der Waals surface area contributed by atoms with Gasteiger partial charge in [0.05, 0.1) is 11.4 Å². The molecule has 2 aromatic heterocycles. The van der Waals surface area contributed by atoms with Crippen LogP contribution < -0.4 is 5.32 Å². The minimum Gasteiger partial charge on any atom is -0.344 e. The van der Waals surface area contributed by atoms with Crippen molar-refractivity contribution >= 4 is 17.2 Å². The van der Waals surface area contributed by atoms with Crippen LogP contribution in [0.4, 0.5) is 0 Å². The molecule has 1 unspecified atom stereocenters. The van der Waals surface area contributed by atoms with Crippen LogP contribution in [0.5, 0.6) is 0 Å². The largest absolute Gasteiger partial charge is 0.344 e. The number of thiophene rings is 1. The highest BCUT2D eigenvalue weighted by molar-refractivity contribution is 7.14. The fraction of sp³-hybridized carbons (Fsp3) is 0.632. The summed E-state index contributed by atoms with van der Waals surface area (Å²) < 4.78 is 2.13. The average molecular weight is 374 g/mol. The summed E-state index contributed by atoms with van der Waals surface area (Å²) in [6.07, 6.45) is 7.05. The zero-order valence-electron chi connectivity index (χ0n) is 15.4. The van der Waals surface area contributed by atoms with Crippen LogP contribution >= 0.6 is 11.3 Å². The lowest BCUT2D eigenvalue weighted by molar-refractivity contribution is 0.0953. The normalized spacial score (nSPS) is 19.8. The van der Waals surface area contributed by atoms with E-state index in [-0.39, 0.29) is 5.91 Å². The number of fused-ring (bicyclic) bond motifs is 1. The summed E-state index contributed by atoms with van der Waals surface area (Å²) >= 11 is 1.64. The maximum atomic E-state index is 12.6. The van der Waals surface area contributed by atoms with Gasteiger partial charge in [-0.05, 0) is 50.9 Å². The van der Waals surface area contributed by atoms with Crippen LogP contribution in [0.1, 0.15) is 71.3 Å². The molecule has 1 atom stereocenters. The molecule has 6 nitrogen and oxygen atoms in total. The number of likely N-dealkylation sites (tertiary alicyclic amines) is 1. The van der Waals surface area contributed by atoms with Crippen LogP contribution in [0.2, 0.25) is 0 Å². The molecular weight excluding hydrogens is 346 g/mol. The van der Waals surface area contributed by atoms with E-state index in [2.05, 4.69) is 38.0 Å². The first-order chi connectivity index (χ1) is 12.8.